The summed E-state index contributed by atoms with van der Waals surface area (Å²) in [5, 5.41) is 11.2. The zero-order valence-corrected chi connectivity index (χ0v) is 22.3. The first-order chi connectivity index (χ1) is 15.6. The molecule has 1 unspecified atom stereocenters. The number of hydrogen-bond acceptors (Lipinski definition) is 2. The van der Waals surface area contributed by atoms with Gasteiger partial charge in [-0.05, 0) is 44.1 Å². The van der Waals surface area contributed by atoms with Crippen LogP contribution in [0.2, 0.25) is 0 Å². The fraction of sp³-hybridized carbons (Fsp3) is 0.406. The fourth-order valence-electron chi connectivity index (χ4n) is 4.41. The van der Waals surface area contributed by atoms with E-state index < -0.39 is 5.92 Å². The third kappa shape index (κ3) is 5.43. The molecule has 3 aromatic rings. The summed E-state index contributed by atoms with van der Waals surface area (Å²) in [7, 11) is 0. The maximum absolute atomic E-state index is 14.1. The topological polar surface area (TPSA) is 37.3 Å². The maximum Gasteiger partial charge on any atom is 0.174 e. The number of Topliss-reactive ketones (excluding diaryl/α,β-unsaturated/α-hetero) is 1. The molecule has 3 rings (SSSR count). The molecule has 0 aliphatic carbocycles. The van der Waals surface area contributed by atoms with Crippen LogP contribution in [0, 0.1) is 0 Å². The molecule has 2 heteroatoms. The van der Waals surface area contributed by atoms with Crippen LogP contribution in [0.25, 0.3) is 0 Å². The average Bonchev–Trinajstić information content (AvgIpc) is 2.73. The van der Waals surface area contributed by atoms with Crippen molar-refractivity contribution in [2.45, 2.75) is 84.5 Å². The third-order valence-electron chi connectivity index (χ3n) is 6.51. The minimum atomic E-state index is -0.454. The van der Waals surface area contributed by atoms with Gasteiger partial charge in [0.1, 0.15) is 5.75 Å². The SMILES string of the molecule is CC(C)(C)c1ccc(C(=O)C(c2ccccc2)c2cc(C(C)(C)C)c(O)c(C(C)(C)C)c2)cc1. The summed E-state index contributed by atoms with van der Waals surface area (Å²) in [6.45, 7) is 19.1. The molecule has 0 fully saturated rings. The van der Waals surface area contributed by atoms with Crippen molar-refractivity contribution in [2.24, 2.45) is 0 Å². The summed E-state index contributed by atoms with van der Waals surface area (Å²) in [5.74, 6) is -0.0564. The van der Waals surface area contributed by atoms with Gasteiger partial charge in [0.15, 0.2) is 5.78 Å². The molecule has 0 bridgehead atoms. The third-order valence-corrected chi connectivity index (χ3v) is 6.51. The highest BCUT2D eigenvalue weighted by Crippen LogP contribution is 2.42. The minimum absolute atomic E-state index is 0.0284. The van der Waals surface area contributed by atoms with E-state index in [1.807, 2.05) is 54.6 Å². The molecule has 0 saturated heterocycles. The predicted octanol–water partition coefficient (Wildman–Crippen LogP) is 8.30. The van der Waals surface area contributed by atoms with Crippen molar-refractivity contribution in [1.82, 2.24) is 0 Å². The van der Waals surface area contributed by atoms with E-state index >= 15 is 0 Å². The summed E-state index contributed by atoms with van der Waals surface area (Å²) in [5.41, 5.74) is 5.01. The van der Waals surface area contributed by atoms with Crippen LogP contribution in [0.3, 0.4) is 0 Å². The number of ketones is 1. The van der Waals surface area contributed by atoms with Crippen LogP contribution in [0.15, 0.2) is 66.7 Å². The Morgan fingerprint density at radius 1 is 0.647 bits per heavy atom. The number of phenolic OH excluding ortho intramolecular Hbond substituents is 1. The number of benzene rings is 3. The van der Waals surface area contributed by atoms with Crippen LogP contribution in [0.4, 0.5) is 0 Å². The van der Waals surface area contributed by atoms with Gasteiger partial charge in [0.25, 0.3) is 0 Å². The highest BCUT2D eigenvalue weighted by Gasteiger charge is 2.31. The molecule has 34 heavy (non-hydrogen) atoms. The Bertz CT molecular complexity index is 1110. The molecule has 0 spiro atoms. The summed E-state index contributed by atoms with van der Waals surface area (Å²) in [6, 6.07) is 22.1. The molecule has 180 valence electrons. The van der Waals surface area contributed by atoms with Crippen molar-refractivity contribution in [3.63, 3.8) is 0 Å². The summed E-state index contributed by atoms with van der Waals surface area (Å²) >= 11 is 0. The second-order valence-electron chi connectivity index (χ2n) is 12.5. The van der Waals surface area contributed by atoms with Gasteiger partial charge in [-0.15, -0.1) is 0 Å². The second-order valence-corrected chi connectivity index (χ2v) is 12.5. The lowest BCUT2D eigenvalue weighted by Gasteiger charge is -2.30. The van der Waals surface area contributed by atoms with E-state index in [-0.39, 0.29) is 22.0 Å². The number of aromatic hydroxyl groups is 1. The first-order valence-corrected chi connectivity index (χ1v) is 12.2. The number of carbonyl (C=O) groups excluding carboxylic acids is 1. The highest BCUT2D eigenvalue weighted by atomic mass is 16.3. The summed E-state index contributed by atoms with van der Waals surface area (Å²) < 4.78 is 0. The number of rotatable bonds is 4. The van der Waals surface area contributed by atoms with Crippen LogP contribution in [-0.2, 0) is 16.2 Å². The Balaban J connectivity index is 2.24. The van der Waals surface area contributed by atoms with Crippen molar-refractivity contribution in [3.8, 4) is 5.75 Å². The van der Waals surface area contributed by atoms with Crippen molar-refractivity contribution in [3.05, 3.63) is 100 Å². The Kier molecular flexibility index (Phi) is 6.86. The normalized spacial score (nSPS) is 13.6. The molecular weight excluding hydrogens is 416 g/mol. The van der Waals surface area contributed by atoms with E-state index in [2.05, 4.69) is 74.4 Å². The average molecular weight is 457 g/mol. The van der Waals surface area contributed by atoms with Crippen LogP contribution in [0.5, 0.6) is 5.75 Å². The van der Waals surface area contributed by atoms with E-state index in [4.69, 9.17) is 0 Å². The van der Waals surface area contributed by atoms with Gasteiger partial charge in [0.05, 0.1) is 5.92 Å². The molecule has 2 nitrogen and oxygen atoms in total. The summed E-state index contributed by atoms with van der Waals surface area (Å²) in [6.07, 6.45) is 0. The van der Waals surface area contributed by atoms with Gasteiger partial charge in [0.2, 0.25) is 0 Å². The quantitative estimate of drug-likeness (QED) is 0.401. The second kappa shape index (κ2) is 9.06. The van der Waals surface area contributed by atoms with Gasteiger partial charge >= 0.3 is 0 Å². The lowest BCUT2D eigenvalue weighted by Crippen LogP contribution is -2.21. The standard InChI is InChI=1S/C32H40O2/c1-30(2,3)24-17-15-22(16-18-24)28(33)27(21-13-11-10-12-14-21)23-19-25(31(4,5)6)29(34)26(20-23)32(7,8)9/h10-20,27,34H,1-9H3. The zero-order valence-electron chi connectivity index (χ0n) is 22.3. The van der Waals surface area contributed by atoms with Gasteiger partial charge < -0.3 is 5.11 Å². The molecule has 1 atom stereocenters. The van der Waals surface area contributed by atoms with Crippen molar-refractivity contribution in [1.29, 1.82) is 0 Å². The van der Waals surface area contributed by atoms with Crippen molar-refractivity contribution >= 4 is 5.78 Å². The number of hydrogen-bond donors (Lipinski definition) is 1. The van der Waals surface area contributed by atoms with E-state index in [1.165, 1.54) is 5.56 Å². The van der Waals surface area contributed by atoms with Crippen molar-refractivity contribution in [2.75, 3.05) is 0 Å². The monoisotopic (exact) mass is 456 g/mol. The molecule has 0 aromatic heterocycles. The van der Waals surface area contributed by atoms with Gasteiger partial charge in [-0.2, -0.15) is 0 Å². The van der Waals surface area contributed by atoms with E-state index in [0.29, 0.717) is 11.3 Å². The van der Waals surface area contributed by atoms with Gasteiger partial charge in [-0.1, -0.05) is 129 Å². The first-order valence-electron chi connectivity index (χ1n) is 12.2. The molecule has 0 aliphatic rings. The fourth-order valence-corrected chi connectivity index (χ4v) is 4.41. The largest absolute Gasteiger partial charge is 0.507 e. The molecule has 1 N–H and O–H groups in total. The molecular formula is C32H40O2. The Hall–Kier alpha value is -2.87. The van der Waals surface area contributed by atoms with Crippen LogP contribution in [0.1, 0.15) is 106 Å². The van der Waals surface area contributed by atoms with Gasteiger partial charge in [-0.3, -0.25) is 4.79 Å². The molecule has 3 aromatic carbocycles. The van der Waals surface area contributed by atoms with E-state index in [0.717, 1.165) is 22.3 Å². The van der Waals surface area contributed by atoms with Crippen LogP contribution < -0.4 is 0 Å². The smallest absolute Gasteiger partial charge is 0.174 e. The molecule has 0 saturated carbocycles. The molecule has 0 aliphatic heterocycles. The van der Waals surface area contributed by atoms with E-state index in [9.17, 15) is 9.90 Å². The number of phenols is 1. The first kappa shape index (κ1) is 25.7. The number of carbonyl (C=O) groups is 1. The molecule has 0 heterocycles. The summed E-state index contributed by atoms with van der Waals surface area (Å²) in [4.78, 5) is 14.1. The maximum atomic E-state index is 14.1. The molecule has 0 amide bonds. The van der Waals surface area contributed by atoms with Crippen molar-refractivity contribution < 1.29 is 9.90 Å². The zero-order chi connectivity index (χ0) is 25.5. The molecule has 0 radical (unpaired) electrons. The van der Waals surface area contributed by atoms with Crippen LogP contribution >= 0.6 is 0 Å². The van der Waals surface area contributed by atoms with Gasteiger partial charge in [-0.25, -0.2) is 0 Å². The van der Waals surface area contributed by atoms with E-state index in [1.54, 1.807) is 0 Å². The Labute approximate surface area is 206 Å². The Morgan fingerprint density at radius 3 is 1.53 bits per heavy atom. The minimum Gasteiger partial charge on any atom is -0.507 e. The highest BCUT2D eigenvalue weighted by molar-refractivity contribution is 6.03. The lowest BCUT2D eigenvalue weighted by atomic mass is 9.75. The van der Waals surface area contributed by atoms with Crippen LogP contribution in [-0.4, -0.2) is 10.9 Å². The Morgan fingerprint density at radius 2 is 1.12 bits per heavy atom. The predicted molar refractivity (Wildman–Crippen MR) is 143 cm³/mol. The van der Waals surface area contributed by atoms with Gasteiger partial charge in [0, 0.05) is 5.56 Å². The lowest BCUT2D eigenvalue weighted by molar-refractivity contribution is 0.0973.